The molecule has 0 bridgehead atoms. The van der Waals surface area contributed by atoms with Gasteiger partial charge in [-0.05, 0) is 90.9 Å². The lowest BCUT2D eigenvalue weighted by molar-refractivity contribution is -0.117. The maximum absolute atomic E-state index is 10.8. The molecule has 1 aromatic rings. The van der Waals surface area contributed by atoms with Crippen LogP contribution in [-0.2, 0) is 0 Å². The first kappa shape index (κ1) is 17.2. The average Bonchev–Trinajstić information content (AvgIpc) is 2.96. The van der Waals surface area contributed by atoms with Gasteiger partial charge >= 0.3 is 0 Å². The minimum absolute atomic E-state index is 0.00392. The van der Waals surface area contributed by atoms with Crippen LogP contribution in [0.1, 0.15) is 57.9 Å². The van der Waals surface area contributed by atoms with Crippen LogP contribution in [0.15, 0.2) is 30.6 Å². The van der Waals surface area contributed by atoms with E-state index in [9.17, 15) is 5.11 Å². The van der Waals surface area contributed by atoms with Crippen molar-refractivity contribution in [1.29, 1.82) is 0 Å². The van der Waals surface area contributed by atoms with E-state index in [0.29, 0.717) is 24.3 Å². The number of nitrogens with two attached hydrogens (primary N) is 1. The highest BCUT2D eigenvalue weighted by molar-refractivity contribution is 5.72. The van der Waals surface area contributed by atoms with E-state index >= 15 is 0 Å². The van der Waals surface area contributed by atoms with E-state index in [-0.39, 0.29) is 16.9 Å². The average molecular weight is 341 g/mol. The Morgan fingerprint density at radius 1 is 1.24 bits per heavy atom. The molecule has 25 heavy (non-hydrogen) atoms. The van der Waals surface area contributed by atoms with E-state index in [1.807, 2.05) is 18.5 Å². The number of hydrogen-bond acceptors (Lipinski definition) is 3. The van der Waals surface area contributed by atoms with Gasteiger partial charge in [0, 0.05) is 12.4 Å². The predicted molar refractivity (Wildman–Crippen MR) is 102 cm³/mol. The van der Waals surface area contributed by atoms with E-state index in [1.54, 1.807) is 0 Å². The maximum Gasteiger partial charge on any atom is 0.0597 e. The van der Waals surface area contributed by atoms with Crippen LogP contribution in [0, 0.1) is 28.6 Å². The topological polar surface area (TPSA) is 59.1 Å². The smallest absolute Gasteiger partial charge is 0.0597 e. The van der Waals surface area contributed by atoms with Gasteiger partial charge in [-0.15, -0.1) is 0 Å². The molecule has 0 radical (unpaired) electrons. The summed E-state index contributed by atoms with van der Waals surface area (Å²) >= 11 is 0. The highest BCUT2D eigenvalue weighted by atomic mass is 16.3. The van der Waals surface area contributed by atoms with Gasteiger partial charge in [0.05, 0.1) is 6.10 Å². The van der Waals surface area contributed by atoms with Crippen LogP contribution in [0.4, 0.5) is 0 Å². The van der Waals surface area contributed by atoms with Crippen LogP contribution >= 0.6 is 0 Å². The predicted octanol–water partition coefficient (Wildman–Crippen LogP) is 4.03. The Labute approximate surface area is 151 Å². The molecule has 2 fully saturated rings. The van der Waals surface area contributed by atoms with Crippen LogP contribution in [0.5, 0.6) is 0 Å². The van der Waals surface area contributed by atoms with E-state index in [4.69, 9.17) is 5.73 Å². The van der Waals surface area contributed by atoms with Gasteiger partial charge in [0.15, 0.2) is 0 Å². The van der Waals surface area contributed by atoms with Gasteiger partial charge in [0.25, 0.3) is 0 Å². The first-order chi connectivity index (χ1) is 12.0. The first-order valence-electron chi connectivity index (χ1n) is 10.00. The number of aliphatic hydroxyl groups excluding tert-OH is 1. The number of pyridine rings is 1. The molecule has 136 valence electrons. The number of allylic oxidation sites excluding steroid dienone is 2. The van der Waals surface area contributed by atoms with Crippen molar-refractivity contribution < 1.29 is 5.11 Å². The van der Waals surface area contributed by atoms with Crippen molar-refractivity contribution in [3.63, 3.8) is 0 Å². The quantitative estimate of drug-likeness (QED) is 0.873. The number of nitrogens with zero attached hydrogens (tertiary/aromatic N) is 1. The van der Waals surface area contributed by atoms with E-state index in [1.165, 1.54) is 36.8 Å². The summed E-state index contributed by atoms with van der Waals surface area (Å²) in [5.74, 6) is 2.02. The van der Waals surface area contributed by atoms with Crippen molar-refractivity contribution in [3.8, 4) is 0 Å². The number of fused-ring (bicyclic) bond motifs is 3. The summed E-state index contributed by atoms with van der Waals surface area (Å²) in [6, 6.07) is 4.26. The highest BCUT2D eigenvalue weighted by Gasteiger charge is 2.57. The zero-order chi connectivity index (χ0) is 17.7. The van der Waals surface area contributed by atoms with Crippen LogP contribution in [0.3, 0.4) is 0 Å². The lowest BCUT2D eigenvalue weighted by Gasteiger charge is -2.57. The lowest BCUT2D eigenvalue weighted by Crippen LogP contribution is -2.53. The van der Waals surface area contributed by atoms with Crippen molar-refractivity contribution in [1.82, 2.24) is 4.98 Å². The fourth-order valence-electron chi connectivity index (χ4n) is 6.64. The molecular weight excluding hydrogens is 308 g/mol. The molecule has 0 spiro atoms. The van der Waals surface area contributed by atoms with Crippen LogP contribution in [0.25, 0.3) is 5.57 Å². The highest BCUT2D eigenvalue weighted by Crippen LogP contribution is 2.64. The molecule has 3 aliphatic carbocycles. The summed E-state index contributed by atoms with van der Waals surface area (Å²) < 4.78 is 0. The SMILES string of the molecule is CC12CCC3C(CCC(O)C3(C)CCN)C1CC=C2c1cccnc1. The zero-order valence-electron chi connectivity index (χ0n) is 15.6. The van der Waals surface area contributed by atoms with E-state index in [0.717, 1.165) is 12.8 Å². The Bertz CT molecular complexity index is 657. The molecule has 3 aliphatic rings. The fraction of sp³-hybridized carbons (Fsp3) is 0.682. The van der Waals surface area contributed by atoms with Crippen molar-refractivity contribution in [2.24, 2.45) is 34.3 Å². The molecule has 3 nitrogen and oxygen atoms in total. The number of rotatable bonds is 3. The van der Waals surface area contributed by atoms with Gasteiger partial charge in [0.1, 0.15) is 0 Å². The summed E-state index contributed by atoms with van der Waals surface area (Å²) in [6.07, 6.45) is 12.8. The van der Waals surface area contributed by atoms with Gasteiger partial charge < -0.3 is 10.8 Å². The molecule has 6 unspecified atom stereocenters. The standard InChI is InChI=1S/C22H32N2O/c1-21-10-9-19-16(5-8-20(25)22(19,2)11-12-23)18(21)7-6-17(21)15-4-3-13-24-14-15/h3-4,6,13-14,16,18-20,25H,5,7-12,23H2,1-2H3. The minimum atomic E-state index is -0.186. The first-order valence-corrected chi connectivity index (χ1v) is 10.00. The van der Waals surface area contributed by atoms with Gasteiger partial charge in [-0.3, -0.25) is 4.98 Å². The second-order valence-electron chi connectivity index (χ2n) is 9.07. The second-order valence-corrected chi connectivity index (χ2v) is 9.07. The fourth-order valence-corrected chi connectivity index (χ4v) is 6.64. The summed E-state index contributed by atoms with van der Waals surface area (Å²) in [4.78, 5) is 4.35. The maximum atomic E-state index is 10.8. The van der Waals surface area contributed by atoms with Gasteiger partial charge in [-0.25, -0.2) is 0 Å². The number of aliphatic hydroxyl groups is 1. The second kappa shape index (κ2) is 6.21. The van der Waals surface area contributed by atoms with E-state index in [2.05, 4.69) is 31.0 Å². The number of hydrogen-bond donors (Lipinski definition) is 2. The molecule has 0 amide bonds. The molecule has 1 heterocycles. The van der Waals surface area contributed by atoms with Crippen molar-refractivity contribution in [3.05, 3.63) is 36.2 Å². The summed E-state index contributed by atoms with van der Waals surface area (Å²) in [5.41, 5.74) is 8.99. The summed E-state index contributed by atoms with van der Waals surface area (Å²) in [7, 11) is 0. The Morgan fingerprint density at radius 3 is 2.80 bits per heavy atom. The molecule has 0 aliphatic heterocycles. The molecule has 4 rings (SSSR count). The van der Waals surface area contributed by atoms with Gasteiger partial charge in [-0.1, -0.05) is 26.0 Å². The van der Waals surface area contributed by atoms with Crippen molar-refractivity contribution in [2.75, 3.05) is 6.54 Å². The van der Waals surface area contributed by atoms with Crippen molar-refractivity contribution >= 4 is 5.57 Å². The molecule has 0 aromatic carbocycles. The third kappa shape index (κ3) is 2.50. The Hall–Kier alpha value is -1.19. The Kier molecular flexibility index (Phi) is 4.28. The lowest BCUT2D eigenvalue weighted by atomic mass is 9.48. The molecule has 6 atom stereocenters. The molecule has 2 saturated carbocycles. The molecule has 3 heteroatoms. The van der Waals surface area contributed by atoms with Crippen LogP contribution < -0.4 is 5.73 Å². The van der Waals surface area contributed by atoms with Crippen LogP contribution in [0.2, 0.25) is 0 Å². The molecule has 3 N–H and O–H groups in total. The van der Waals surface area contributed by atoms with Crippen molar-refractivity contribution in [2.45, 2.75) is 58.5 Å². The Balaban J connectivity index is 1.64. The molecule has 1 aromatic heterocycles. The minimum Gasteiger partial charge on any atom is -0.393 e. The van der Waals surface area contributed by atoms with E-state index < -0.39 is 0 Å². The third-order valence-corrected chi connectivity index (χ3v) is 8.06. The largest absolute Gasteiger partial charge is 0.393 e. The van der Waals surface area contributed by atoms with Crippen LogP contribution in [-0.4, -0.2) is 22.7 Å². The van der Waals surface area contributed by atoms with Gasteiger partial charge in [-0.2, -0.15) is 0 Å². The zero-order valence-corrected chi connectivity index (χ0v) is 15.6. The molecular formula is C22H32N2O. The summed E-state index contributed by atoms with van der Waals surface area (Å²) in [6.45, 7) is 5.46. The Morgan fingerprint density at radius 2 is 2.08 bits per heavy atom. The third-order valence-electron chi connectivity index (χ3n) is 8.06. The normalized spacial score (nSPS) is 43.3. The van der Waals surface area contributed by atoms with Gasteiger partial charge in [0.2, 0.25) is 0 Å². The number of aromatic nitrogens is 1. The molecule has 0 saturated heterocycles. The monoisotopic (exact) mass is 340 g/mol. The summed E-state index contributed by atoms with van der Waals surface area (Å²) in [5, 5.41) is 10.8.